The molecule has 3 saturated carbocycles. The summed E-state index contributed by atoms with van der Waals surface area (Å²) in [6, 6.07) is 3.84. The Morgan fingerprint density at radius 2 is 1.87 bits per heavy atom. The standard InChI is InChI=1S/C31H30F3N7O4/c1-28(2,26(44)37-21-6-5-20(10-35)22(9-21)31(32,33)34)41-14-18(11-36-41)3-4-19-12-40(13-19)30-15-29(16-30,17-30)27(45)38-23-7-8-24(42)39-25(23)43/h5-6,9,11,14,19,23H,7-8,12-13,15-17H2,1-2H3,(H,37,44)(H,38,45)(H,39,42,43). The maximum absolute atomic E-state index is 13.3. The number of hydrogen-bond acceptors (Lipinski definition) is 7. The summed E-state index contributed by atoms with van der Waals surface area (Å²) < 4.78 is 41.4. The molecule has 1 atom stereocenters. The lowest BCUT2D eigenvalue weighted by Gasteiger charge is -2.75. The van der Waals surface area contributed by atoms with Crippen molar-refractivity contribution in [2.75, 3.05) is 18.4 Å². The van der Waals surface area contributed by atoms with Gasteiger partial charge in [0.25, 0.3) is 5.91 Å². The molecule has 0 spiro atoms. The Bertz CT molecular complexity index is 1700. The number of imide groups is 1. The van der Waals surface area contributed by atoms with Crippen LogP contribution in [0.5, 0.6) is 0 Å². The van der Waals surface area contributed by atoms with Crippen molar-refractivity contribution in [2.24, 2.45) is 11.3 Å². The van der Waals surface area contributed by atoms with Crippen LogP contribution < -0.4 is 16.0 Å². The number of likely N-dealkylation sites (tertiary alicyclic amines) is 1. The first-order chi connectivity index (χ1) is 21.1. The molecule has 234 valence electrons. The predicted molar refractivity (Wildman–Crippen MR) is 152 cm³/mol. The number of nitrogens with zero attached hydrogens (tertiary/aromatic N) is 4. The molecule has 2 aromatic rings. The molecule has 3 N–H and O–H groups in total. The zero-order chi connectivity index (χ0) is 32.4. The number of amides is 4. The van der Waals surface area contributed by atoms with Crippen molar-refractivity contribution in [3.05, 3.63) is 47.3 Å². The van der Waals surface area contributed by atoms with Crippen LogP contribution in [0.25, 0.3) is 0 Å². The van der Waals surface area contributed by atoms with Crippen LogP contribution in [0.3, 0.4) is 0 Å². The van der Waals surface area contributed by atoms with E-state index in [0.717, 1.165) is 44.5 Å². The van der Waals surface area contributed by atoms with E-state index in [9.17, 15) is 32.3 Å². The SMILES string of the molecule is CC(C)(C(=O)Nc1ccc(C#N)c(C(F)(F)F)c1)n1cc(C#CC2CN(C34CC(C(=O)NC5CCC(=O)NC5=O)(C3)C4)C2)cn1. The molecule has 2 bridgehead atoms. The number of nitriles is 1. The molecule has 3 heterocycles. The number of rotatable bonds is 6. The molecule has 1 aromatic heterocycles. The summed E-state index contributed by atoms with van der Waals surface area (Å²) in [5.41, 5.74) is -2.87. The molecule has 14 heteroatoms. The fourth-order valence-electron chi connectivity index (χ4n) is 6.63. The topological polar surface area (TPSA) is 149 Å². The summed E-state index contributed by atoms with van der Waals surface area (Å²) in [5.74, 6) is 4.97. The van der Waals surface area contributed by atoms with E-state index in [1.807, 2.05) is 0 Å². The van der Waals surface area contributed by atoms with Gasteiger partial charge in [0, 0.05) is 42.9 Å². The van der Waals surface area contributed by atoms with Gasteiger partial charge in [0.15, 0.2) is 0 Å². The number of nitrogens with one attached hydrogen (secondary N) is 3. The number of benzene rings is 1. The van der Waals surface area contributed by atoms with E-state index in [0.29, 0.717) is 12.0 Å². The minimum absolute atomic E-state index is 0.00162. The fraction of sp³-hybridized carbons (Fsp3) is 0.484. The van der Waals surface area contributed by atoms with E-state index in [1.165, 1.54) is 23.0 Å². The van der Waals surface area contributed by atoms with E-state index in [1.54, 1.807) is 20.0 Å². The second kappa shape index (κ2) is 10.4. The number of carbonyl (C=O) groups excluding carboxylic acids is 4. The molecule has 2 saturated heterocycles. The fourth-order valence-corrected chi connectivity index (χ4v) is 6.63. The Kier molecular flexibility index (Phi) is 7.04. The van der Waals surface area contributed by atoms with Crippen LogP contribution in [0, 0.1) is 34.5 Å². The lowest BCUT2D eigenvalue weighted by Crippen LogP contribution is -2.81. The van der Waals surface area contributed by atoms with Gasteiger partial charge in [-0.2, -0.15) is 23.5 Å². The van der Waals surface area contributed by atoms with Crippen molar-refractivity contribution in [3.8, 4) is 17.9 Å². The quantitative estimate of drug-likeness (QED) is 0.331. The summed E-state index contributed by atoms with van der Waals surface area (Å²) in [4.78, 5) is 51.6. The van der Waals surface area contributed by atoms with Crippen molar-refractivity contribution in [1.29, 1.82) is 5.26 Å². The number of halogens is 3. The third-order valence-corrected chi connectivity index (χ3v) is 9.42. The second-order valence-corrected chi connectivity index (χ2v) is 12.9. The van der Waals surface area contributed by atoms with Gasteiger partial charge >= 0.3 is 6.18 Å². The second-order valence-electron chi connectivity index (χ2n) is 12.9. The van der Waals surface area contributed by atoms with E-state index >= 15 is 0 Å². The molecule has 11 nitrogen and oxygen atoms in total. The molecule has 3 aliphatic carbocycles. The van der Waals surface area contributed by atoms with Crippen LogP contribution in [0.4, 0.5) is 18.9 Å². The van der Waals surface area contributed by atoms with E-state index < -0.39 is 46.1 Å². The predicted octanol–water partition coefficient (Wildman–Crippen LogP) is 2.27. The smallest absolute Gasteiger partial charge is 0.344 e. The van der Waals surface area contributed by atoms with Crippen LogP contribution >= 0.6 is 0 Å². The maximum atomic E-state index is 13.3. The van der Waals surface area contributed by atoms with Crippen LogP contribution in [-0.4, -0.2) is 63.0 Å². The average molecular weight is 622 g/mol. The van der Waals surface area contributed by atoms with Gasteiger partial charge in [-0.25, -0.2) is 0 Å². The van der Waals surface area contributed by atoms with Gasteiger partial charge in [0.2, 0.25) is 17.7 Å². The number of carbonyl (C=O) groups is 4. The van der Waals surface area contributed by atoms with Gasteiger partial charge in [-0.1, -0.05) is 11.8 Å². The van der Waals surface area contributed by atoms with Gasteiger partial charge in [0.05, 0.1) is 34.4 Å². The number of anilines is 1. The van der Waals surface area contributed by atoms with Gasteiger partial charge < -0.3 is 10.6 Å². The van der Waals surface area contributed by atoms with Crippen LogP contribution in [0.15, 0.2) is 30.6 Å². The van der Waals surface area contributed by atoms with Crippen molar-refractivity contribution < 1.29 is 32.3 Å². The highest BCUT2D eigenvalue weighted by Crippen LogP contribution is 2.70. The largest absolute Gasteiger partial charge is 0.417 e. The molecule has 5 aliphatic rings. The average Bonchev–Trinajstić information content (AvgIpc) is 3.39. The summed E-state index contributed by atoms with van der Waals surface area (Å²) in [6.07, 6.45) is 1.13. The molecule has 7 rings (SSSR count). The Hall–Kier alpha value is -4.69. The van der Waals surface area contributed by atoms with Crippen molar-refractivity contribution in [1.82, 2.24) is 25.3 Å². The Morgan fingerprint density at radius 3 is 2.51 bits per heavy atom. The minimum Gasteiger partial charge on any atom is -0.344 e. The zero-order valence-corrected chi connectivity index (χ0v) is 24.5. The molecular formula is C31H30F3N7O4. The van der Waals surface area contributed by atoms with Crippen LogP contribution in [-0.2, 0) is 30.9 Å². The minimum atomic E-state index is -4.75. The molecule has 1 aromatic carbocycles. The highest BCUT2D eigenvalue weighted by atomic mass is 19.4. The van der Waals surface area contributed by atoms with Gasteiger partial charge in [0.1, 0.15) is 11.6 Å². The number of hydrogen-bond donors (Lipinski definition) is 3. The summed E-state index contributed by atoms with van der Waals surface area (Å²) in [6.45, 7) is 4.69. The Labute approximate surface area is 256 Å². The van der Waals surface area contributed by atoms with Gasteiger partial charge in [-0.15, -0.1) is 0 Å². The summed E-state index contributed by atoms with van der Waals surface area (Å²) in [5, 5.41) is 20.8. The number of aromatic nitrogens is 2. The first-order valence-corrected chi connectivity index (χ1v) is 14.5. The Morgan fingerprint density at radius 1 is 1.16 bits per heavy atom. The van der Waals surface area contributed by atoms with E-state index in [4.69, 9.17) is 5.26 Å². The van der Waals surface area contributed by atoms with Crippen LogP contribution in [0.1, 0.15) is 62.6 Å². The molecule has 4 amide bonds. The number of alkyl halides is 3. The molecule has 1 unspecified atom stereocenters. The Balaban J connectivity index is 0.997. The molecule has 2 aliphatic heterocycles. The van der Waals surface area contributed by atoms with E-state index in [2.05, 4.69) is 37.8 Å². The number of piperidine rings is 1. The molecule has 0 radical (unpaired) electrons. The normalized spacial score (nSPS) is 26.2. The highest BCUT2D eigenvalue weighted by molar-refractivity contribution is 6.02. The molecule has 5 fully saturated rings. The van der Waals surface area contributed by atoms with Gasteiger partial charge in [-0.05, 0) is 57.7 Å². The molecular weight excluding hydrogens is 591 g/mol. The summed E-state index contributed by atoms with van der Waals surface area (Å²) in [7, 11) is 0. The van der Waals surface area contributed by atoms with Crippen molar-refractivity contribution >= 4 is 29.3 Å². The first-order valence-electron chi connectivity index (χ1n) is 14.5. The van der Waals surface area contributed by atoms with E-state index in [-0.39, 0.29) is 35.4 Å². The zero-order valence-electron chi connectivity index (χ0n) is 24.5. The third-order valence-electron chi connectivity index (χ3n) is 9.42. The maximum Gasteiger partial charge on any atom is 0.417 e. The first kappa shape index (κ1) is 30.3. The lowest BCUT2D eigenvalue weighted by molar-refractivity contribution is -0.236. The lowest BCUT2D eigenvalue weighted by atomic mass is 9.38. The summed E-state index contributed by atoms with van der Waals surface area (Å²) >= 11 is 0. The monoisotopic (exact) mass is 621 g/mol. The third kappa shape index (κ3) is 5.33. The van der Waals surface area contributed by atoms with Crippen LogP contribution in [0.2, 0.25) is 0 Å². The van der Waals surface area contributed by atoms with Gasteiger partial charge in [-0.3, -0.25) is 34.1 Å². The van der Waals surface area contributed by atoms with Crippen molar-refractivity contribution in [3.63, 3.8) is 0 Å². The van der Waals surface area contributed by atoms with Crippen molar-refractivity contribution in [2.45, 2.75) is 69.2 Å². The molecule has 45 heavy (non-hydrogen) atoms. The highest BCUT2D eigenvalue weighted by Gasteiger charge is 2.74.